The SMILES string of the molecule is Nc1ncc(Cl)cc1Cc1ccc(Br)s1. The molecule has 0 radical (unpaired) electrons. The van der Waals surface area contributed by atoms with Crippen LogP contribution in [0.5, 0.6) is 0 Å². The van der Waals surface area contributed by atoms with Crippen LogP contribution in [-0.4, -0.2) is 4.98 Å². The summed E-state index contributed by atoms with van der Waals surface area (Å²) in [5.41, 5.74) is 6.74. The summed E-state index contributed by atoms with van der Waals surface area (Å²) in [5.74, 6) is 0.545. The molecule has 0 spiro atoms. The highest BCUT2D eigenvalue weighted by Gasteiger charge is 2.05. The van der Waals surface area contributed by atoms with Crippen LogP contribution in [0.3, 0.4) is 0 Å². The second kappa shape index (κ2) is 4.51. The predicted octanol–water partition coefficient (Wildman–Crippen LogP) is 3.73. The molecule has 0 unspecified atom stereocenters. The molecule has 5 heteroatoms. The first-order chi connectivity index (χ1) is 7.15. The number of anilines is 1. The van der Waals surface area contributed by atoms with E-state index in [-0.39, 0.29) is 0 Å². The van der Waals surface area contributed by atoms with Crippen LogP contribution in [0.4, 0.5) is 5.82 Å². The van der Waals surface area contributed by atoms with E-state index in [0.29, 0.717) is 10.8 Å². The largest absolute Gasteiger partial charge is 0.383 e. The number of pyridine rings is 1. The van der Waals surface area contributed by atoms with Gasteiger partial charge in [0.2, 0.25) is 0 Å². The van der Waals surface area contributed by atoms with E-state index in [1.54, 1.807) is 17.5 Å². The number of halogens is 2. The van der Waals surface area contributed by atoms with Crippen molar-refractivity contribution >= 4 is 44.7 Å². The zero-order valence-corrected chi connectivity index (χ0v) is 10.9. The molecule has 15 heavy (non-hydrogen) atoms. The van der Waals surface area contributed by atoms with Gasteiger partial charge in [-0.05, 0) is 34.1 Å². The van der Waals surface area contributed by atoms with Gasteiger partial charge in [0.1, 0.15) is 5.82 Å². The lowest BCUT2D eigenvalue weighted by Crippen LogP contribution is -1.97. The van der Waals surface area contributed by atoms with Crippen LogP contribution in [0.2, 0.25) is 5.02 Å². The quantitative estimate of drug-likeness (QED) is 0.918. The van der Waals surface area contributed by atoms with Gasteiger partial charge in [-0.2, -0.15) is 0 Å². The molecule has 2 aromatic rings. The third kappa shape index (κ3) is 2.71. The zero-order valence-electron chi connectivity index (χ0n) is 7.71. The third-order valence-electron chi connectivity index (χ3n) is 1.96. The van der Waals surface area contributed by atoms with Crippen LogP contribution >= 0.6 is 38.9 Å². The highest BCUT2D eigenvalue weighted by atomic mass is 79.9. The van der Waals surface area contributed by atoms with Gasteiger partial charge < -0.3 is 5.73 Å². The van der Waals surface area contributed by atoms with Crippen molar-refractivity contribution in [3.63, 3.8) is 0 Å². The zero-order chi connectivity index (χ0) is 10.8. The van der Waals surface area contributed by atoms with Gasteiger partial charge in [0, 0.05) is 23.1 Å². The predicted molar refractivity (Wildman–Crippen MR) is 68.5 cm³/mol. The van der Waals surface area contributed by atoms with E-state index in [9.17, 15) is 0 Å². The second-order valence-corrected chi connectivity index (χ2v) is 6.06. The molecule has 0 fully saturated rings. The molecule has 0 aromatic carbocycles. The molecule has 0 atom stereocenters. The number of aromatic nitrogens is 1. The number of hydrogen-bond donors (Lipinski definition) is 1. The van der Waals surface area contributed by atoms with Crippen LogP contribution in [0.15, 0.2) is 28.2 Å². The molecule has 2 nitrogen and oxygen atoms in total. The topological polar surface area (TPSA) is 38.9 Å². The van der Waals surface area contributed by atoms with Gasteiger partial charge in [-0.25, -0.2) is 4.98 Å². The number of hydrogen-bond acceptors (Lipinski definition) is 3. The number of nitrogens with zero attached hydrogens (tertiary/aromatic N) is 1. The fraction of sp³-hybridized carbons (Fsp3) is 0.100. The Balaban J connectivity index is 2.27. The Morgan fingerprint density at radius 3 is 2.93 bits per heavy atom. The monoisotopic (exact) mass is 302 g/mol. The second-order valence-electron chi connectivity index (χ2n) is 3.08. The molecule has 2 N–H and O–H groups in total. The van der Waals surface area contributed by atoms with Crippen molar-refractivity contribution in [3.8, 4) is 0 Å². The Labute approximate surface area is 105 Å². The lowest BCUT2D eigenvalue weighted by atomic mass is 10.1. The standard InChI is InChI=1S/C10H8BrClN2S/c11-9-2-1-8(15-9)4-6-3-7(12)5-14-10(6)13/h1-3,5H,4H2,(H2,13,14). The van der Waals surface area contributed by atoms with Gasteiger partial charge in [0.25, 0.3) is 0 Å². The molecule has 0 saturated carbocycles. The van der Waals surface area contributed by atoms with Crippen molar-refractivity contribution in [2.45, 2.75) is 6.42 Å². The molecule has 0 aliphatic heterocycles. The van der Waals surface area contributed by atoms with Crippen molar-refractivity contribution in [1.82, 2.24) is 4.98 Å². The fourth-order valence-electron chi connectivity index (χ4n) is 1.27. The lowest BCUT2D eigenvalue weighted by molar-refractivity contribution is 1.18. The van der Waals surface area contributed by atoms with E-state index in [4.69, 9.17) is 17.3 Å². The van der Waals surface area contributed by atoms with Crippen molar-refractivity contribution in [1.29, 1.82) is 0 Å². The third-order valence-corrected chi connectivity index (χ3v) is 3.79. The summed E-state index contributed by atoms with van der Waals surface area (Å²) in [5, 5.41) is 0.620. The average Bonchev–Trinajstić information content (AvgIpc) is 2.58. The molecule has 2 aromatic heterocycles. The van der Waals surface area contributed by atoms with Crippen LogP contribution in [0, 0.1) is 0 Å². The molecular weight excluding hydrogens is 296 g/mol. The van der Waals surface area contributed by atoms with E-state index >= 15 is 0 Å². The van der Waals surface area contributed by atoms with E-state index in [1.165, 1.54) is 4.88 Å². The molecule has 0 amide bonds. The molecule has 2 rings (SSSR count). The average molecular weight is 304 g/mol. The van der Waals surface area contributed by atoms with Crippen LogP contribution < -0.4 is 5.73 Å². The van der Waals surface area contributed by atoms with Crippen molar-refractivity contribution in [2.75, 3.05) is 5.73 Å². The van der Waals surface area contributed by atoms with Gasteiger partial charge >= 0.3 is 0 Å². The van der Waals surface area contributed by atoms with E-state index in [0.717, 1.165) is 15.8 Å². The summed E-state index contributed by atoms with van der Waals surface area (Å²) in [6.45, 7) is 0. The molecule has 0 bridgehead atoms. The molecule has 0 saturated heterocycles. The first-order valence-electron chi connectivity index (χ1n) is 4.29. The summed E-state index contributed by atoms with van der Waals surface area (Å²) >= 11 is 11.0. The van der Waals surface area contributed by atoms with Gasteiger partial charge in [-0.3, -0.25) is 0 Å². The molecular formula is C10H8BrClN2S. The summed E-state index contributed by atoms with van der Waals surface area (Å²) < 4.78 is 1.12. The van der Waals surface area contributed by atoms with Gasteiger partial charge in [0.05, 0.1) is 8.81 Å². The van der Waals surface area contributed by atoms with Crippen molar-refractivity contribution in [3.05, 3.63) is 43.6 Å². The van der Waals surface area contributed by atoms with Gasteiger partial charge in [-0.1, -0.05) is 11.6 Å². The maximum atomic E-state index is 5.86. The smallest absolute Gasteiger partial charge is 0.126 e. The molecule has 78 valence electrons. The number of thiophene rings is 1. The fourth-order valence-corrected chi connectivity index (χ4v) is 2.95. The Morgan fingerprint density at radius 2 is 2.27 bits per heavy atom. The van der Waals surface area contributed by atoms with E-state index in [2.05, 4.69) is 27.0 Å². The minimum atomic E-state index is 0.545. The maximum absolute atomic E-state index is 5.86. The van der Waals surface area contributed by atoms with Crippen LogP contribution in [0.1, 0.15) is 10.4 Å². The van der Waals surface area contributed by atoms with E-state index < -0.39 is 0 Å². The molecule has 2 heterocycles. The van der Waals surface area contributed by atoms with Gasteiger partial charge in [0.15, 0.2) is 0 Å². The minimum Gasteiger partial charge on any atom is -0.383 e. The Hall–Kier alpha value is -0.580. The lowest BCUT2D eigenvalue weighted by Gasteiger charge is -2.03. The summed E-state index contributed by atoms with van der Waals surface area (Å²) in [6.07, 6.45) is 2.33. The minimum absolute atomic E-state index is 0.545. The first kappa shape index (κ1) is 10.9. The summed E-state index contributed by atoms with van der Waals surface area (Å²) in [6, 6.07) is 5.95. The summed E-state index contributed by atoms with van der Waals surface area (Å²) in [7, 11) is 0. The normalized spacial score (nSPS) is 10.5. The van der Waals surface area contributed by atoms with Crippen molar-refractivity contribution < 1.29 is 0 Å². The highest BCUT2D eigenvalue weighted by molar-refractivity contribution is 9.11. The molecule has 0 aliphatic rings. The Morgan fingerprint density at radius 1 is 1.47 bits per heavy atom. The van der Waals surface area contributed by atoms with E-state index in [1.807, 2.05) is 12.1 Å². The van der Waals surface area contributed by atoms with Crippen LogP contribution in [0.25, 0.3) is 0 Å². The Bertz CT molecular complexity index is 484. The first-order valence-corrected chi connectivity index (χ1v) is 6.28. The van der Waals surface area contributed by atoms with Gasteiger partial charge in [-0.15, -0.1) is 11.3 Å². The van der Waals surface area contributed by atoms with Crippen molar-refractivity contribution in [2.24, 2.45) is 0 Å². The molecule has 0 aliphatic carbocycles. The highest BCUT2D eigenvalue weighted by Crippen LogP contribution is 2.26. The van der Waals surface area contributed by atoms with Crippen LogP contribution in [-0.2, 0) is 6.42 Å². The summed E-state index contributed by atoms with van der Waals surface area (Å²) in [4.78, 5) is 5.25. The number of nitrogens with two attached hydrogens (primary N) is 1. The maximum Gasteiger partial charge on any atom is 0.126 e. The number of rotatable bonds is 2. The Kier molecular flexibility index (Phi) is 3.29. The number of nitrogen functional groups attached to an aromatic ring is 1.